The Labute approximate surface area is 57.1 Å². The number of amides is 1. The van der Waals surface area contributed by atoms with Crippen LogP contribution in [0.25, 0.3) is 0 Å². The molecule has 0 spiro atoms. The molecule has 0 saturated carbocycles. The first-order valence-corrected chi connectivity index (χ1v) is 2.52. The Morgan fingerprint density at radius 1 is 1.57 bits per heavy atom. The molecule has 0 aromatic heterocycles. The van der Waals surface area contributed by atoms with Gasteiger partial charge in [0.2, 0.25) is 6.41 Å². The van der Waals surface area contributed by atoms with Crippen molar-refractivity contribution in [2.24, 2.45) is 0 Å². The summed E-state index contributed by atoms with van der Waals surface area (Å²) in [5, 5.41) is 0. The third-order valence-corrected chi connectivity index (χ3v) is 0.211. The Hall–Kier alpha value is 0.357. The van der Waals surface area contributed by atoms with E-state index in [1.54, 1.807) is 14.1 Å². The van der Waals surface area contributed by atoms with Crippen molar-refractivity contribution in [1.29, 1.82) is 0 Å². The SMILES string of the molecule is CN(C)C=O.[Li][Cl]. The Kier molecular flexibility index (Phi) is 14.2. The van der Waals surface area contributed by atoms with Crippen molar-refractivity contribution < 1.29 is 4.79 Å². The van der Waals surface area contributed by atoms with Crippen LogP contribution in [0.1, 0.15) is 0 Å². The van der Waals surface area contributed by atoms with E-state index in [9.17, 15) is 4.79 Å². The Balaban J connectivity index is 0. The number of carbonyl (C=O) groups is 1. The second kappa shape index (κ2) is 9.61. The third-order valence-electron chi connectivity index (χ3n) is 0.211. The Morgan fingerprint density at radius 3 is 1.71 bits per heavy atom. The molecule has 0 aliphatic rings. The molecule has 0 aliphatic heterocycles. The standard InChI is InChI=1S/C3H7NO.ClH.Li/c1-4(2)3-5;;/h3H,1-2H3;1H;/q;;+1/p-1. The summed E-state index contributed by atoms with van der Waals surface area (Å²) in [6.45, 7) is 0. The molecule has 0 rings (SSSR count). The molecule has 0 aromatic rings. The van der Waals surface area contributed by atoms with E-state index in [0.29, 0.717) is 0 Å². The molecule has 1 amide bonds. The van der Waals surface area contributed by atoms with Crippen LogP contribution in [0.15, 0.2) is 0 Å². The minimum atomic E-state index is 0.750. The summed E-state index contributed by atoms with van der Waals surface area (Å²) in [7, 11) is 8.01. The molecule has 0 saturated heterocycles. The van der Waals surface area contributed by atoms with Gasteiger partial charge in [-0.05, 0) is 0 Å². The van der Waals surface area contributed by atoms with Gasteiger partial charge in [0.25, 0.3) is 0 Å². The summed E-state index contributed by atoms with van der Waals surface area (Å²) in [4.78, 5) is 10.9. The van der Waals surface area contributed by atoms with E-state index in [0.717, 1.165) is 6.41 Å². The van der Waals surface area contributed by atoms with Crippen LogP contribution in [0.4, 0.5) is 0 Å². The van der Waals surface area contributed by atoms with Crippen LogP contribution in [0.2, 0.25) is 0 Å². The Bertz CT molecular complexity index is 41.9. The molecular formula is C3H7ClLiNO. The fourth-order valence-electron chi connectivity index (χ4n) is 0. The third kappa shape index (κ3) is 21.7. The number of carbonyl (C=O) groups excluding carboxylic acids is 1. The van der Waals surface area contributed by atoms with Crippen molar-refractivity contribution >= 4 is 33.0 Å². The second-order valence-electron chi connectivity index (χ2n) is 1.07. The van der Waals surface area contributed by atoms with Gasteiger partial charge < -0.3 is 4.90 Å². The zero-order chi connectivity index (χ0) is 6.28. The monoisotopic (exact) mass is 115 g/mol. The van der Waals surface area contributed by atoms with Crippen LogP contribution in [0, 0.1) is 0 Å². The summed E-state index contributed by atoms with van der Waals surface area (Å²) in [5.41, 5.74) is 0. The predicted octanol–water partition coefficient (Wildman–Crippen LogP) is 0.0131. The van der Waals surface area contributed by atoms with E-state index in [2.05, 4.69) is 9.80 Å². The fraction of sp³-hybridized carbons (Fsp3) is 0.667. The number of hydrogen-bond donors (Lipinski definition) is 0. The van der Waals surface area contributed by atoms with E-state index in [4.69, 9.17) is 0 Å². The first-order chi connectivity index (χ1) is 3.27. The molecule has 0 aromatic carbocycles. The number of rotatable bonds is 1. The minimum absolute atomic E-state index is 0.750. The summed E-state index contributed by atoms with van der Waals surface area (Å²) in [6, 6.07) is 0. The second-order valence-corrected chi connectivity index (χ2v) is 1.07. The maximum absolute atomic E-state index is 9.43. The first-order valence-electron chi connectivity index (χ1n) is 1.77. The molecule has 38 valence electrons. The molecule has 0 fully saturated rings. The number of halogens is 1. The number of nitrogens with zero attached hydrogens (tertiary/aromatic N) is 1. The first kappa shape index (κ1) is 10.4. The van der Waals surface area contributed by atoms with Crippen LogP contribution in [0.5, 0.6) is 0 Å². The quantitative estimate of drug-likeness (QED) is 0.348. The molecular weight excluding hydrogens is 108 g/mol. The van der Waals surface area contributed by atoms with Gasteiger partial charge >= 0.3 is 26.5 Å². The van der Waals surface area contributed by atoms with Gasteiger partial charge in [-0.25, -0.2) is 0 Å². The summed E-state index contributed by atoms with van der Waals surface area (Å²) < 4.78 is 0. The van der Waals surface area contributed by atoms with Crippen LogP contribution in [-0.4, -0.2) is 42.1 Å². The van der Waals surface area contributed by atoms with Crippen LogP contribution >= 0.6 is 9.80 Å². The predicted molar refractivity (Wildman–Crippen MR) is 31.4 cm³/mol. The Morgan fingerprint density at radius 2 is 1.71 bits per heavy atom. The van der Waals surface area contributed by atoms with Gasteiger partial charge in [-0.15, -0.1) is 0 Å². The number of hydrogen-bond acceptors (Lipinski definition) is 1. The van der Waals surface area contributed by atoms with Crippen molar-refractivity contribution in [2.75, 3.05) is 14.1 Å². The van der Waals surface area contributed by atoms with E-state index >= 15 is 0 Å². The maximum atomic E-state index is 9.43. The van der Waals surface area contributed by atoms with E-state index in [1.807, 2.05) is 0 Å². The van der Waals surface area contributed by atoms with Gasteiger partial charge in [-0.1, -0.05) is 0 Å². The average Bonchev–Trinajstić information content (AvgIpc) is 1.73. The van der Waals surface area contributed by atoms with Crippen molar-refractivity contribution in [1.82, 2.24) is 4.90 Å². The van der Waals surface area contributed by atoms with Gasteiger partial charge in [0.15, 0.2) is 0 Å². The molecule has 0 bridgehead atoms. The zero-order valence-electron chi connectivity index (χ0n) is 4.81. The van der Waals surface area contributed by atoms with Gasteiger partial charge in [-0.3, -0.25) is 4.79 Å². The van der Waals surface area contributed by atoms with Crippen LogP contribution in [-0.2, 0) is 4.79 Å². The fourth-order valence-corrected chi connectivity index (χ4v) is 0. The topological polar surface area (TPSA) is 20.3 Å². The molecule has 0 atom stereocenters. The van der Waals surface area contributed by atoms with Crippen molar-refractivity contribution in [3.05, 3.63) is 0 Å². The van der Waals surface area contributed by atoms with E-state index in [1.165, 1.54) is 21.6 Å². The van der Waals surface area contributed by atoms with Gasteiger partial charge in [-0.2, -0.15) is 0 Å². The average molecular weight is 115 g/mol. The summed E-state index contributed by atoms with van der Waals surface area (Å²) >= 11 is 1.47. The summed E-state index contributed by atoms with van der Waals surface area (Å²) in [5.74, 6) is 0. The van der Waals surface area contributed by atoms with Crippen molar-refractivity contribution in [3.63, 3.8) is 0 Å². The van der Waals surface area contributed by atoms with Crippen LogP contribution < -0.4 is 0 Å². The molecule has 0 heterocycles. The van der Waals surface area contributed by atoms with Gasteiger partial charge in [0, 0.05) is 14.1 Å². The normalized spacial score (nSPS) is 5.86. The summed E-state index contributed by atoms with van der Waals surface area (Å²) in [6.07, 6.45) is 0.750. The van der Waals surface area contributed by atoms with Crippen LogP contribution in [0.3, 0.4) is 0 Å². The van der Waals surface area contributed by atoms with Crippen molar-refractivity contribution in [3.8, 4) is 0 Å². The molecule has 0 aliphatic carbocycles. The molecule has 0 N–H and O–H groups in total. The van der Waals surface area contributed by atoms with E-state index < -0.39 is 0 Å². The molecule has 2 nitrogen and oxygen atoms in total. The van der Waals surface area contributed by atoms with Crippen molar-refractivity contribution in [2.45, 2.75) is 0 Å². The molecule has 0 unspecified atom stereocenters. The molecule has 7 heavy (non-hydrogen) atoms. The molecule has 4 heteroatoms. The zero-order valence-corrected chi connectivity index (χ0v) is 5.57. The van der Waals surface area contributed by atoms with E-state index in [-0.39, 0.29) is 0 Å². The van der Waals surface area contributed by atoms with Gasteiger partial charge in [0.05, 0.1) is 0 Å². The van der Waals surface area contributed by atoms with Gasteiger partial charge in [0.1, 0.15) is 0 Å². The molecule has 0 radical (unpaired) electrons.